The third-order valence-corrected chi connectivity index (χ3v) is 3.70. The first-order chi connectivity index (χ1) is 5.97. The Morgan fingerprint density at radius 3 is 2.46 bits per heavy atom. The van der Waals surface area contributed by atoms with E-state index in [1.807, 2.05) is 0 Å². The SMILES string of the molecule is CC(C)(C)OC1C2C=C(Br)C1CC2. The summed E-state index contributed by atoms with van der Waals surface area (Å²) >= 11 is 3.62. The molecule has 0 aliphatic heterocycles. The number of ether oxygens (including phenoxy) is 1. The number of hydrogen-bond acceptors (Lipinski definition) is 1. The van der Waals surface area contributed by atoms with Gasteiger partial charge in [-0.05, 0) is 38.1 Å². The highest BCUT2D eigenvalue weighted by Crippen LogP contribution is 2.48. The molecule has 2 aliphatic carbocycles. The summed E-state index contributed by atoms with van der Waals surface area (Å²) in [6, 6.07) is 0. The van der Waals surface area contributed by atoms with E-state index in [1.165, 1.54) is 17.3 Å². The Morgan fingerprint density at radius 2 is 2.08 bits per heavy atom. The standard InChI is InChI=1S/C11H17BrO/c1-11(2,3)13-10-7-4-5-8(10)9(12)6-7/h6-8,10H,4-5H2,1-3H3. The second-order valence-corrected chi connectivity index (χ2v) is 6.01. The summed E-state index contributed by atoms with van der Waals surface area (Å²) in [6.07, 6.45) is 5.38. The highest BCUT2D eigenvalue weighted by Gasteiger charge is 2.44. The van der Waals surface area contributed by atoms with Gasteiger partial charge < -0.3 is 4.74 Å². The highest BCUT2D eigenvalue weighted by atomic mass is 79.9. The summed E-state index contributed by atoms with van der Waals surface area (Å²) < 4.78 is 7.45. The number of halogens is 1. The van der Waals surface area contributed by atoms with Crippen LogP contribution in [0.4, 0.5) is 0 Å². The van der Waals surface area contributed by atoms with Crippen molar-refractivity contribution >= 4 is 15.9 Å². The molecule has 13 heavy (non-hydrogen) atoms. The molecular weight excluding hydrogens is 228 g/mol. The van der Waals surface area contributed by atoms with Gasteiger partial charge in [-0.25, -0.2) is 0 Å². The first-order valence-corrected chi connectivity index (χ1v) is 5.82. The lowest BCUT2D eigenvalue weighted by molar-refractivity contribution is -0.0756. The zero-order chi connectivity index (χ0) is 9.64. The van der Waals surface area contributed by atoms with Gasteiger partial charge in [-0.1, -0.05) is 22.0 Å². The maximum atomic E-state index is 6.07. The predicted octanol–water partition coefficient (Wildman–Crippen LogP) is 3.49. The zero-order valence-corrected chi connectivity index (χ0v) is 10.1. The molecule has 1 saturated carbocycles. The van der Waals surface area contributed by atoms with Crippen LogP contribution in [0, 0.1) is 11.8 Å². The van der Waals surface area contributed by atoms with Gasteiger partial charge in [0, 0.05) is 11.8 Å². The van der Waals surface area contributed by atoms with Crippen molar-refractivity contribution in [1.29, 1.82) is 0 Å². The monoisotopic (exact) mass is 244 g/mol. The van der Waals surface area contributed by atoms with Crippen molar-refractivity contribution in [3.8, 4) is 0 Å². The highest BCUT2D eigenvalue weighted by molar-refractivity contribution is 9.11. The van der Waals surface area contributed by atoms with Crippen LogP contribution in [0.5, 0.6) is 0 Å². The smallest absolute Gasteiger partial charge is 0.0718 e. The summed E-state index contributed by atoms with van der Waals surface area (Å²) in [6.45, 7) is 6.41. The Kier molecular flexibility index (Phi) is 2.31. The van der Waals surface area contributed by atoms with E-state index in [9.17, 15) is 0 Å². The molecule has 0 aromatic carbocycles. The fraction of sp³-hybridized carbons (Fsp3) is 0.818. The van der Waals surface area contributed by atoms with Crippen molar-refractivity contribution in [2.24, 2.45) is 11.8 Å². The number of fused-ring (bicyclic) bond motifs is 2. The Bertz CT molecular complexity index is 239. The van der Waals surface area contributed by atoms with Gasteiger partial charge in [-0.3, -0.25) is 0 Å². The Labute approximate surface area is 88.7 Å². The molecule has 3 unspecified atom stereocenters. The van der Waals surface area contributed by atoms with Crippen LogP contribution in [0.25, 0.3) is 0 Å². The minimum atomic E-state index is -0.00301. The Morgan fingerprint density at radius 1 is 1.38 bits per heavy atom. The molecule has 0 aromatic rings. The largest absolute Gasteiger partial charge is 0.371 e. The van der Waals surface area contributed by atoms with Crippen LogP contribution in [0.1, 0.15) is 33.6 Å². The van der Waals surface area contributed by atoms with Gasteiger partial charge in [0.05, 0.1) is 11.7 Å². The Hall–Kier alpha value is 0.180. The van der Waals surface area contributed by atoms with E-state index in [1.54, 1.807) is 0 Å². The lowest BCUT2D eigenvalue weighted by Gasteiger charge is -2.28. The molecule has 0 radical (unpaired) electrons. The third-order valence-electron chi connectivity index (χ3n) is 2.85. The molecule has 2 rings (SSSR count). The van der Waals surface area contributed by atoms with Crippen molar-refractivity contribution < 1.29 is 4.74 Å². The normalized spacial score (nSPS) is 38.2. The van der Waals surface area contributed by atoms with Gasteiger partial charge in [0.25, 0.3) is 0 Å². The maximum absolute atomic E-state index is 6.07. The second kappa shape index (κ2) is 3.09. The predicted molar refractivity (Wildman–Crippen MR) is 57.9 cm³/mol. The Balaban J connectivity index is 2.05. The van der Waals surface area contributed by atoms with Crippen LogP contribution in [-0.2, 0) is 4.74 Å². The van der Waals surface area contributed by atoms with Crippen LogP contribution in [0.2, 0.25) is 0 Å². The molecule has 0 amide bonds. The van der Waals surface area contributed by atoms with E-state index in [0.29, 0.717) is 17.9 Å². The van der Waals surface area contributed by atoms with Gasteiger partial charge in [-0.15, -0.1) is 0 Å². The molecule has 2 aliphatic rings. The molecule has 3 atom stereocenters. The molecule has 0 aromatic heterocycles. The molecule has 74 valence electrons. The average molecular weight is 245 g/mol. The summed E-state index contributed by atoms with van der Waals surface area (Å²) in [7, 11) is 0. The minimum absolute atomic E-state index is 0.00301. The quantitative estimate of drug-likeness (QED) is 0.687. The lowest BCUT2D eigenvalue weighted by atomic mass is 10.1. The van der Waals surface area contributed by atoms with Crippen LogP contribution < -0.4 is 0 Å². The summed E-state index contributed by atoms with van der Waals surface area (Å²) in [4.78, 5) is 0. The van der Waals surface area contributed by atoms with Crippen molar-refractivity contribution in [2.75, 3.05) is 0 Å². The van der Waals surface area contributed by atoms with Gasteiger partial charge in [0.1, 0.15) is 0 Å². The fourth-order valence-corrected chi connectivity index (χ4v) is 3.21. The van der Waals surface area contributed by atoms with Crippen LogP contribution in [0.3, 0.4) is 0 Å². The van der Waals surface area contributed by atoms with Gasteiger partial charge in [-0.2, -0.15) is 0 Å². The average Bonchev–Trinajstić information content (AvgIpc) is 2.42. The molecule has 0 N–H and O–H groups in total. The molecule has 0 spiro atoms. The molecule has 1 fully saturated rings. The van der Waals surface area contributed by atoms with Crippen LogP contribution in [0.15, 0.2) is 10.6 Å². The number of rotatable bonds is 1. The molecular formula is C11H17BrO. The topological polar surface area (TPSA) is 9.23 Å². The van der Waals surface area contributed by atoms with E-state index in [4.69, 9.17) is 4.74 Å². The van der Waals surface area contributed by atoms with Crippen molar-refractivity contribution in [3.63, 3.8) is 0 Å². The van der Waals surface area contributed by atoms with E-state index in [-0.39, 0.29) is 5.60 Å². The first-order valence-electron chi connectivity index (χ1n) is 5.02. The fourth-order valence-electron chi connectivity index (χ4n) is 2.38. The van der Waals surface area contributed by atoms with E-state index in [0.717, 1.165) is 0 Å². The maximum Gasteiger partial charge on any atom is 0.0718 e. The van der Waals surface area contributed by atoms with Crippen LogP contribution >= 0.6 is 15.9 Å². The number of hydrogen-bond donors (Lipinski definition) is 0. The zero-order valence-electron chi connectivity index (χ0n) is 8.51. The first kappa shape index (κ1) is 9.72. The van der Waals surface area contributed by atoms with Gasteiger partial charge >= 0.3 is 0 Å². The molecule has 2 heteroatoms. The van der Waals surface area contributed by atoms with E-state index >= 15 is 0 Å². The van der Waals surface area contributed by atoms with Gasteiger partial charge in [0.15, 0.2) is 0 Å². The second-order valence-electron chi connectivity index (χ2n) is 5.09. The van der Waals surface area contributed by atoms with Crippen LogP contribution in [-0.4, -0.2) is 11.7 Å². The molecule has 0 saturated heterocycles. The van der Waals surface area contributed by atoms with Crippen molar-refractivity contribution in [1.82, 2.24) is 0 Å². The summed E-state index contributed by atoms with van der Waals surface area (Å²) in [5.74, 6) is 1.31. The minimum Gasteiger partial charge on any atom is -0.371 e. The molecule has 0 heterocycles. The molecule has 2 bridgehead atoms. The lowest BCUT2D eigenvalue weighted by Crippen LogP contribution is -2.30. The van der Waals surface area contributed by atoms with Crippen molar-refractivity contribution in [2.45, 2.75) is 45.3 Å². The van der Waals surface area contributed by atoms with E-state index < -0.39 is 0 Å². The van der Waals surface area contributed by atoms with Crippen molar-refractivity contribution in [3.05, 3.63) is 10.6 Å². The van der Waals surface area contributed by atoms with Gasteiger partial charge in [0.2, 0.25) is 0 Å². The summed E-state index contributed by atoms with van der Waals surface area (Å²) in [5, 5.41) is 0. The molecule has 1 nitrogen and oxygen atoms in total. The summed E-state index contributed by atoms with van der Waals surface area (Å²) in [5.41, 5.74) is -0.00301. The third kappa shape index (κ3) is 1.84. The van der Waals surface area contributed by atoms with E-state index in [2.05, 4.69) is 42.8 Å².